The molecule has 0 saturated carbocycles. The molecule has 0 bridgehead atoms. The molecular weight excluding hydrogens is 246 g/mol. The van der Waals surface area contributed by atoms with E-state index in [0.717, 1.165) is 18.5 Å². The zero-order valence-corrected chi connectivity index (χ0v) is 11.8. The van der Waals surface area contributed by atoms with Crippen LogP contribution >= 0.6 is 0 Å². The van der Waals surface area contributed by atoms with Gasteiger partial charge in [0.25, 0.3) is 0 Å². The van der Waals surface area contributed by atoms with E-state index in [4.69, 9.17) is 4.74 Å². The maximum Gasteiger partial charge on any atom is 0.127 e. The van der Waals surface area contributed by atoms with Crippen molar-refractivity contribution in [3.8, 4) is 0 Å². The van der Waals surface area contributed by atoms with Crippen LogP contribution in [0.5, 0.6) is 0 Å². The molecule has 1 N–H and O–H groups in total. The molecule has 0 aromatic heterocycles. The second-order valence-corrected chi connectivity index (χ2v) is 4.63. The summed E-state index contributed by atoms with van der Waals surface area (Å²) < 4.78 is 5.46. The van der Waals surface area contributed by atoms with Crippen LogP contribution in [0.3, 0.4) is 0 Å². The molecule has 2 aromatic rings. The van der Waals surface area contributed by atoms with Crippen LogP contribution in [0, 0.1) is 0 Å². The largest absolute Gasteiger partial charge is 0.362 e. The molecule has 2 nitrogen and oxygen atoms in total. The molecule has 1 unspecified atom stereocenters. The summed E-state index contributed by atoms with van der Waals surface area (Å²) in [5.41, 5.74) is 2.32. The number of hydrogen-bond donors (Lipinski definition) is 1. The Morgan fingerprint density at radius 1 is 1.00 bits per heavy atom. The quantitative estimate of drug-likeness (QED) is 0.742. The summed E-state index contributed by atoms with van der Waals surface area (Å²) in [6.07, 6.45) is 6.29. The van der Waals surface area contributed by atoms with Gasteiger partial charge in [0.2, 0.25) is 0 Å². The molecule has 104 valence electrons. The van der Waals surface area contributed by atoms with Crippen molar-refractivity contribution in [2.45, 2.75) is 19.1 Å². The fourth-order valence-electron chi connectivity index (χ4n) is 2.00. The predicted molar refractivity (Wildman–Crippen MR) is 85.6 cm³/mol. The number of allylic oxidation sites excluding steroid dienone is 1. The number of anilines is 1. The Kier molecular flexibility index (Phi) is 5.87. The van der Waals surface area contributed by atoms with E-state index in [1.807, 2.05) is 36.4 Å². The Labute approximate surface area is 121 Å². The molecule has 0 amide bonds. The molecule has 0 aliphatic rings. The summed E-state index contributed by atoms with van der Waals surface area (Å²) in [5.74, 6) is 0. The Morgan fingerprint density at radius 3 is 2.30 bits per heavy atom. The second-order valence-electron chi connectivity index (χ2n) is 4.63. The third-order valence-corrected chi connectivity index (χ3v) is 3.09. The SMILES string of the molecule is COC(CCC=Cc1ccccc1)Nc1ccccc1. The Morgan fingerprint density at radius 2 is 1.65 bits per heavy atom. The lowest BCUT2D eigenvalue weighted by atomic mass is 10.2. The average Bonchev–Trinajstić information content (AvgIpc) is 2.52. The molecular formula is C18H21NO. The van der Waals surface area contributed by atoms with Crippen molar-refractivity contribution < 1.29 is 4.74 Å². The van der Waals surface area contributed by atoms with Gasteiger partial charge in [-0.25, -0.2) is 0 Å². The second kappa shape index (κ2) is 8.18. The van der Waals surface area contributed by atoms with E-state index in [0.29, 0.717) is 0 Å². The molecule has 0 spiro atoms. The number of nitrogens with one attached hydrogen (secondary N) is 1. The first-order valence-electron chi connectivity index (χ1n) is 6.94. The van der Waals surface area contributed by atoms with Crippen molar-refractivity contribution in [1.82, 2.24) is 0 Å². The predicted octanol–water partition coefficient (Wildman–Crippen LogP) is 4.56. The van der Waals surface area contributed by atoms with Gasteiger partial charge in [0.1, 0.15) is 6.23 Å². The average molecular weight is 267 g/mol. The zero-order chi connectivity index (χ0) is 14.0. The minimum Gasteiger partial charge on any atom is -0.362 e. The molecule has 20 heavy (non-hydrogen) atoms. The van der Waals surface area contributed by atoms with Crippen LogP contribution in [-0.2, 0) is 4.74 Å². The summed E-state index contributed by atoms with van der Waals surface area (Å²) in [5, 5.41) is 3.37. The van der Waals surface area contributed by atoms with Gasteiger partial charge in [0.05, 0.1) is 0 Å². The van der Waals surface area contributed by atoms with Crippen molar-refractivity contribution in [3.63, 3.8) is 0 Å². The molecule has 0 aliphatic carbocycles. The molecule has 0 heterocycles. The third kappa shape index (κ3) is 4.90. The minimum absolute atomic E-state index is 0.0397. The van der Waals surface area contributed by atoms with Crippen molar-refractivity contribution in [3.05, 3.63) is 72.3 Å². The molecule has 1 atom stereocenters. The fraction of sp³-hybridized carbons (Fsp3) is 0.222. The molecule has 0 radical (unpaired) electrons. The monoisotopic (exact) mass is 267 g/mol. The summed E-state index contributed by atoms with van der Waals surface area (Å²) >= 11 is 0. The number of methoxy groups -OCH3 is 1. The Bertz CT molecular complexity index is 507. The molecule has 0 saturated heterocycles. The van der Waals surface area contributed by atoms with Crippen LogP contribution in [-0.4, -0.2) is 13.3 Å². The van der Waals surface area contributed by atoms with Crippen molar-refractivity contribution in [2.24, 2.45) is 0 Å². The number of benzene rings is 2. The lowest BCUT2D eigenvalue weighted by Gasteiger charge is -2.17. The zero-order valence-electron chi connectivity index (χ0n) is 11.8. The molecule has 2 heteroatoms. The van der Waals surface area contributed by atoms with Crippen molar-refractivity contribution in [1.29, 1.82) is 0 Å². The first kappa shape index (κ1) is 14.4. The van der Waals surface area contributed by atoms with E-state index in [1.165, 1.54) is 5.56 Å². The third-order valence-electron chi connectivity index (χ3n) is 3.09. The number of para-hydroxylation sites is 1. The van der Waals surface area contributed by atoms with Gasteiger partial charge in [-0.1, -0.05) is 60.7 Å². The van der Waals surface area contributed by atoms with Gasteiger partial charge in [0.15, 0.2) is 0 Å². The topological polar surface area (TPSA) is 21.3 Å². The van der Waals surface area contributed by atoms with Crippen molar-refractivity contribution >= 4 is 11.8 Å². The van der Waals surface area contributed by atoms with Crippen LogP contribution in [0.1, 0.15) is 18.4 Å². The van der Waals surface area contributed by atoms with E-state index in [9.17, 15) is 0 Å². The molecule has 2 rings (SSSR count). The van der Waals surface area contributed by atoms with Crippen LogP contribution in [0.25, 0.3) is 6.08 Å². The molecule has 0 aliphatic heterocycles. The highest BCUT2D eigenvalue weighted by Crippen LogP contribution is 2.11. The first-order chi connectivity index (χ1) is 9.88. The number of ether oxygens (including phenoxy) is 1. The Balaban J connectivity index is 1.78. The summed E-state index contributed by atoms with van der Waals surface area (Å²) in [4.78, 5) is 0. The van der Waals surface area contributed by atoms with Crippen LogP contribution < -0.4 is 5.32 Å². The Hall–Kier alpha value is -2.06. The van der Waals surface area contributed by atoms with Crippen LogP contribution in [0.4, 0.5) is 5.69 Å². The highest BCUT2D eigenvalue weighted by molar-refractivity contribution is 5.48. The summed E-state index contributed by atoms with van der Waals surface area (Å²) in [6.45, 7) is 0. The number of hydrogen-bond acceptors (Lipinski definition) is 2. The molecule has 2 aromatic carbocycles. The minimum atomic E-state index is 0.0397. The first-order valence-corrected chi connectivity index (χ1v) is 6.94. The summed E-state index contributed by atoms with van der Waals surface area (Å²) in [7, 11) is 1.74. The highest BCUT2D eigenvalue weighted by atomic mass is 16.5. The standard InChI is InChI=1S/C18H21NO/c1-20-18(19-17-13-6-3-7-14-17)15-9-8-12-16-10-4-2-5-11-16/h2-8,10-14,18-19H,9,15H2,1H3. The maximum atomic E-state index is 5.46. The highest BCUT2D eigenvalue weighted by Gasteiger charge is 2.04. The summed E-state index contributed by atoms with van der Waals surface area (Å²) in [6, 6.07) is 20.5. The fourth-order valence-corrected chi connectivity index (χ4v) is 2.00. The van der Waals surface area contributed by atoms with Gasteiger partial charge in [0, 0.05) is 12.8 Å². The van der Waals surface area contributed by atoms with Gasteiger partial charge in [-0.15, -0.1) is 0 Å². The van der Waals surface area contributed by atoms with Gasteiger partial charge in [-0.05, 0) is 30.5 Å². The van der Waals surface area contributed by atoms with Crippen LogP contribution in [0.2, 0.25) is 0 Å². The number of rotatable bonds is 7. The maximum absolute atomic E-state index is 5.46. The lowest BCUT2D eigenvalue weighted by molar-refractivity contribution is 0.119. The van der Waals surface area contributed by atoms with E-state index in [-0.39, 0.29) is 6.23 Å². The van der Waals surface area contributed by atoms with Gasteiger partial charge in [-0.3, -0.25) is 0 Å². The smallest absolute Gasteiger partial charge is 0.127 e. The molecule has 0 fully saturated rings. The van der Waals surface area contributed by atoms with Gasteiger partial charge >= 0.3 is 0 Å². The van der Waals surface area contributed by atoms with E-state index >= 15 is 0 Å². The van der Waals surface area contributed by atoms with Crippen molar-refractivity contribution in [2.75, 3.05) is 12.4 Å². The van der Waals surface area contributed by atoms with E-state index in [1.54, 1.807) is 7.11 Å². The van der Waals surface area contributed by atoms with E-state index < -0.39 is 0 Å². The van der Waals surface area contributed by atoms with E-state index in [2.05, 4.69) is 41.7 Å². The van der Waals surface area contributed by atoms with Gasteiger partial charge < -0.3 is 10.1 Å². The lowest BCUT2D eigenvalue weighted by Crippen LogP contribution is -2.21. The van der Waals surface area contributed by atoms with Crippen LogP contribution in [0.15, 0.2) is 66.7 Å². The normalized spacial score (nSPS) is 12.4. The van der Waals surface area contributed by atoms with Gasteiger partial charge in [-0.2, -0.15) is 0 Å².